The predicted molar refractivity (Wildman–Crippen MR) is 111 cm³/mol. The lowest BCUT2D eigenvalue weighted by Gasteiger charge is -2.05. The minimum Gasteiger partial charge on any atom is -0.457 e. The lowest BCUT2D eigenvalue weighted by Crippen LogP contribution is -2.06. The lowest BCUT2D eigenvalue weighted by molar-refractivity contribution is -0.384. The Bertz CT molecular complexity index is 1240. The van der Waals surface area contributed by atoms with Gasteiger partial charge >= 0.3 is 5.97 Å². The molecule has 8 heteroatoms. The van der Waals surface area contributed by atoms with Crippen LogP contribution in [-0.2, 0) is 11.3 Å². The lowest BCUT2D eigenvalue weighted by atomic mass is 10.1. The maximum Gasteiger partial charge on any atom is 0.342 e. The predicted octanol–water partition coefficient (Wildman–Crippen LogP) is 4.94. The quantitative estimate of drug-likeness (QED) is 0.252. The highest BCUT2D eigenvalue weighted by molar-refractivity contribution is 5.96. The molecule has 4 rings (SSSR count). The number of esters is 1. The van der Waals surface area contributed by atoms with Crippen LogP contribution in [0, 0.1) is 15.9 Å². The van der Waals surface area contributed by atoms with Gasteiger partial charge in [0.1, 0.15) is 23.7 Å². The largest absolute Gasteiger partial charge is 0.457 e. The van der Waals surface area contributed by atoms with Gasteiger partial charge in [0, 0.05) is 23.9 Å². The highest BCUT2D eigenvalue weighted by Gasteiger charge is 2.20. The summed E-state index contributed by atoms with van der Waals surface area (Å²) in [5.74, 6) is -1.05. The first-order valence-electron chi connectivity index (χ1n) is 9.33. The minimum absolute atomic E-state index is 0.0857. The fraction of sp³-hybridized carbons (Fsp3) is 0.0435. The van der Waals surface area contributed by atoms with Crippen LogP contribution in [0.5, 0.6) is 0 Å². The minimum atomic E-state index is -0.645. The molecular formula is C23H16FN3O4. The molecule has 0 aliphatic rings. The second kappa shape index (κ2) is 8.58. The van der Waals surface area contributed by atoms with Crippen LogP contribution in [0.4, 0.5) is 10.1 Å². The van der Waals surface area contributed by atoms with E-state index < -0.39 is 16.7 Å². The van der Waals surface area contributed by atoms with E-state index in [2.05, 4.69) is 5.10 Å². The molecule has 0 bridgehead atoms. The molecule has 0 aliphatic heterocycles. The summed E-state index contributed by atoms with van der Waals surface area (Å²) in [6.45, 7) is -0.139. The first-order valence-corrected chi connectivity index (χ1v) is 9.33. The van der Waals surface area contributed by atoms with Crippen molar-refractivity contribution >= 4 is 11.7 Å². The Kier molecular flexibility index (Phi) is 5.53. The number of para-hydroxylation sites is 1. The highest BCUT2D eigenvalue weighted by atomic mass is 19.1. The van der Waals surface area contributed by atoms with Gasteiger partial charge in [0.25, 0.3) is 5.69 Å². The van der Waals surface area contributed by atoms with Crippen molar-refractivity contribution in [1.29, 1.82) is 0 Å². The number of nitrogens with zero attached hydrogens (tertiary/aromatic N) is 3. The molecule has 0 saturated carbocycles. The van der Waals surface area contributed by atoms with Crippen LogP contribution in [0.3, 0.4) is 0 Å². The van der Waals surface area contributed by atoms with Crippen molar-refractivity contribution in [2.24, 2.45) is 0 Å². The van der Waals surface area contributed by atoms with Gasteiger partial charge in [-0.25, -0.2) is 13.9 Å². The van der Waals surface area contributed by atoms with Crippen LogP contribution in [0.25, 0.3) is 16.9 Å². The zero-order valence-corrected chi connectivity index (χ0v) is 16.1. The van der Waals surface area contributed by atoms with Gasteiger partial charge in [0.15, 0.2) is 0 Å². The van der Waals surface area contributed by atoms with E-state index in [1.54, 1.807) is 16.9 Å². The van der Waals surface area contributed by atoms with E-state index in [0.29, 0.717) is 16.8 Å². The van der Waals surface area contributed by atoms with E-state index in [1.165, 1.54) is 42.5 Å². The summed E-state index contributed by atoms with van der Waals surface area (Å²) < 4.78 is 20.3. The van der Waals surface area contributed by atoms with E-state index >= 15 is 0 Å². The monoisotopic (exact) mass is 417 g/mol. The molecule has 0 N–H and O–H groups in total. The maximum absolute atomic E-state index is 13.4. The van der Waals surface area contributed by atoms with Gasteiger partial charge in [-0.1, -0.05) is 30.3 Å². The van der Waals surface area contributed by atoms with Crippen LogP contribution in [-0.4, -0.2) is 20.7 Å². The summed E-state index contributed by atoms with van der Waals surface area (Å²) in [7, 11) is 0. The Morgan fingerprint density at radius 2 is 1.77 bits per heavy atom. The Labute approximate surface area is 176 Å². The summed E-state index contributed by atoms with van der Waals surface area (Å²) in [6, 6.07) is 20.7. The number of nitro groups is 1. The zero-order chi connectivity index (χ0) is 21.8. The number of carbonyl (C=O) groups excluding carboxylic acids is 1. The van der Waals surface area contributed by atoms with Crippen molar-refractivity contribution in [2.75, 3.05) is 0 Å². The van der Waals surface area contributed by atoms with Crippen LogP contribution in [0.15, 0.2) is 85.1 Å². The summed E-state index contributed by atoms with van der Waals surface area (Å²) in [6.07, 6.45) is 1.55. The molecule has 154 valence electrons. The molecule has 0 aliphatic carbocycles. The van der Waals surface area contributed by atoms with Gasteiger partial charge in [-0.15, -0.1) is 0 Å². The van der Waals surface area contributed by atoms with E-state index in [1.807, 2.05) is 30.3 Å². The average molecular weight is 417 g/mol. The second-order valence-corrected chi connectivity index (χ2v) is 6.68. The number of halogens is 1. The number of benzene rings is 3. The van der Waals surface area contributed by atoms with E-state index in [4.69, 9.17) is 4.74 Å². The third kappa shape index (κ3) is 4.48. The number of aromatic nitrogens is 2. The molecule has 0 spiro atoms. The summed E-state index contributed by atoms with van der Waals surface area (Å²) >= 11 is 0. The molecule has 7 nitrogen and oxygen atoms in total. The van der Waals surface area contributed by atoms with Gasteiger partial charge in [0.2, 0.25) is 0 Å². The standard InChI is InChI=1S/C23H16FN3O4/c24-18-11-9-17(10-12-18)22-21(14-26(25-22)19-6-2-1-3-7-19)23(28)31-15-16-5-4-8-20(13-16)27(29)30/h1-14H,15H2. The molecule has 0 unspecified atom stereocenters. The molecule has 1 heterocycles. The molecule has 31 heavy (non-hydrogen) atoms. The number of hydrogen-bond donors (Lipinski definition) is 0. The molecule has 0 fully saturated rings. The average Bonchev–Trinajstić information content (AvgIpc) is 3.24. The van der Waals surface area contributed by atoms with Crippen LogP contribution < -0.4 is 0 Å². The topological polar surface area (TPSA) is 87.3 Å². The normalized spacial score (nSPS) is 10.6. The fourth-order valence-corrected chi connectivity index (χ4v) is 3.04. The van der Waals surface area contributed by atoms with Crippen LogP contribution >= 0.6 is 0 Å². The Morgan fingerprint density at radius 3 is 2.48 bits per heavy atom. The molecule has 0 amide bonds. The molecule has 0 saturated heterocycles. The van der Waals surface area contributed by atoms with E-state index in [0.717, 1.165) is 5.69 Å². The van der Waals surface area contributed by atoms with E-state index in [9.17, 15) is 19.3 Å². The van der Waals surface area contributed by atoms with Crippen LogP contribution in [0.2, 0.25) is 0 Å². The second-order valence-electron chi connectivity index (χ2n) is 6.68. The van der Waals surface area contributed by atoms with Crippen molar-refractivity contribution in [2.45, 2.75) is 6.61 Å². The first kappa shape index (κ1) is 20.0. The molecule has 4 aromatic rings. The number of ether oxygens (including phenoxy) is 1. The van der Waals surface area contributed by atoms with Crippen LogP contribution in [0.1, 0.15) is 15.9 Å². The number of nitro benzene ring substituents is 1. The molecule has 1 aromatic heterocycles. The molecular weight excluding hydrogens is 401 g/mol. The number of non-ortho nitro benzene ring substituents is 1. The highest BCUT2D eigenvalue weighted by Crippen LogP contribution is 2.25. The van der Waals surface area contributed by atoms with Crippen molar-refractivity contribution in [3.05, 3.63) is 112 Å². The number of rotatable bonds is 6. The smallest absolute Gasteiger partial charge is 0.342 e. The summed E-state index contributed by atoms with van der Waals surface area (Å²) in [5.41, 5.74) is 2.23. The van der Waals surface area contributed by atoms with Crippen molar-refractivity contribution in [3.8, 4) is 16.9 Å². The fourth-order valence-electron chi connectivity index (χ4n) is 3.04. The SMILES string of the molecule is O=C(OCc1cccc([N+](=O)[O-])c1)c1cn(-c2ccccc2)nc1-c1ccc(F)cc1. The van der Waals surface area contributed by atoms with Gasteiger partial charge in [0.05, 0.1) is 10.6 Å². The van der Waals surface area contributed by atoms with Gasteiger partial charge in [-0.3, -0.25) is 10.1 Å². The Morgan fingerprint density at radius 1 is 1.03 bits per heavy atom. The van der Waals surface area contributed by atoms with Crippen molar-refractivity contribution in [3.63, 3.8) is 0 Å². The zero-order valence-electron chi connectivity index (χ0n) is 16.1. The summed E-state index contributed by atoms with van der Waals surface area (Å²) in [5, 5.41) is 15.4. The van der Waals surface area contributed by atoms with Gasteiger partial charge in [-0.2, -0.15) is 5.10 Å². The third-order valence-electron chi connectivity index (χ3n) is 4.56. The van der Waals surface area contributed by atoms with Crippen molar-refractivity contribution in [1.82, 2.24) is 9.78 Å². The van der Waals surface area contributed by atoms with E-state index in [-0.39, 0.29) is 17.9 Å². The molecule has 0 atom stereocenters. The molecule has 0 radical (unpaired) electrons. The Balaban J connectivity index is 1.65. The van der Waals surface area contributed by atoms with Gasteiger partial charge in [-0.05, 0) is 42.0 Å². The van der Waals surface area contributed by atoms with Gasteiger partial charge < -0.3 is 4.74 Å². The maximum atomic E-state index is 13.4. The van der Waals surface area contributed by atoms with Crippen molar-refractivity contribution < 1.29 is 18.8 Å². The third-order valence-corrected chi connectivity index (χ3v) is 4.56. The molecule has 3 aromatic carbocycles. The number of carbonyl (C=O) groups is 1. The summed E-state index contributed by atoms with van der Waals surface area (Å²) in [4.78, 5) is 23.3. The Hall–Kier alpha value is -4.33. The first-order chi connectivity index (χ1) is 15.0. The number of hydrogen-bond acceptors (Lipinski definition) is 5.